The van der Waals surface area contributed by atoms with Gasteiger partial charge < -0.3 is 10.1 Å². The van der Waals surface area contributed by atoms with Gasteiger partial charge in [0.15, 0.2) is 0 Å². The van der Waals surface area contributed by atoms with Crippen molar-refractivity contribution >= 4 is 23.6 Å². The van der Waals surface area contributed by atoms with Gasteiger partial charge in [0, 0.05) is 27.3 Å². The van der Waals surface area contributed by atoms with Crippen LogP contribution in [0.2, 0.25) is 0 Å². The summed E-state index contributed by atoms with van der Waals surface area (Å²) in [5, 5.41) is 4.58. The van der Waals surface area contributed by atoms with Crippen LogP contribution < -0.4 is 10.6 Å². The highest BCUT2D eigenvalue weighted by Crippen LogP contribution is 2.43. The Balaban J connectivity index is 1.91. The van der Waals surface area contributed by atoms with Crippen molar-refractivity contribution in [3.05, 3.63) is 29.3 Å². The second-order valence-corrected chi connectivity index (χ2v) is 4.53. The molecule has 1 heterocycles. The maximum atomic E-state index is 11.9. The van der Waals surface area contributed by atoms with Gasteiger partial charge in [-0.1, -0.05) is 6.07 Å². The molecule has 6 heteroatoms. The highest BCUT2D eigenvalue weighted by molar-refractivity contribution is 6.04. The lowest BCUT2D eigenvalue weighted by molar-refractivity contribution is -0.131. The van der Waals surface area contributed by atoms with Gasteiger partial charge in [0.05, 0.1) is 0 Å². The number of fused-ring (bicyclic) bond motifs is 2. The molecule has 3 rings (SSSR count). The number of aryl methyl sites for hydroxylation is 1. The smallest absolute Gasteiger partial charge is 0.415 e. The number of carbonyl (C=O) groups excluding carboxylic acids is 3. The number of ether oxygens (including phenoxy) is 1. The minimum absolute atomic E-state index is 0.358. The zero-order valence-electron chi connectivity index (χ0n) is 11.9. The van der Waals surface area contributed by atoms with Gasteiger partial charge in [-0.2, -0.15) is 0 Å². The summed E-state index contributed by atoms with van der Waals surface area (Å²) in [6.45, 7) is -1.61. The second-order valence-electron chi connectivity index (χ2n) is 4.53. The summed E-state index contributed by atoms with van der Waals surface area (Å²) in [6, 6.07) is 4.86. The van der Waals surface area contributed by atoms with Gasteiger partial charge >= 0.3 is 6.09 Å². The van der Waals surface area contributed by atoms with Crippen LogP contribution in [0.15, 0.2) is 18.2 Å². The van der Waals surface area contributed by atoms with Crippen LogP contribution in [0.3, 0.4) is 0 Å². The number of anilines is 1. The summed E-state index contributed by atoms with van der Waals surface area (Å²) >= 11 is 0. The number of carbonyl (C=O) groups is 3. The molecule has 0 bridgehead atoms. The summed E-state index contributed by atoms with van der Waals surface area (Å²) in [7, 11) is 0. The minimum Gasteiger partial charge on any atom is -0.427 e. The van der Waals surface area contributed by atoms with E-state index in [-0.39, 0.29) is 0 Å². The molecule has 2 aliphatic rings. The average molecular weight is 262 g/mol. The summed E-state index contributed by atoms with van der Waals surface area (Å²) in [5.41, 5.74) is 0.592. The number of rotatable bonds is 1. The van der Waals surface area contributed by atoms with E-state index in [1.54, 1.807) is 18.2 Å². The molecule has 0 aromatic heterocycles. The summed E-state index contributed by atoms with van der Waals surface area (Å²) in [5.74, 6) is -1.20. The number of benzene rings is 1. The van der Waals surface area contributed by atoms with Crippen LogP contribution in [0.4, 0.5) is 10.5 Å². The molecule has 3 amide bonds. The number of nitrogens with one attached hydrogen (secondary N) is 2. The maximum Gasteiger partial charge on any atom is 0.415 e. The third kappa shape index (κ3) is 1.68. The van der Waals surface area contributed by atoms with Crippen LogP contribution in [0.5, 0.6) is 0 Å². The molecule has 2 N–H and O–H groups in total. The fourth-order valence-corrected chi connectivity index (χ4v) is 2.63. The maximum absolute atomic E-state index is 11.9. The van der Waals surface area contributed by atoms with Crippen molar-refractivity contribution in [2.75, 3.05) is 5.32 Å². The van der Waals surface area contributed by atoms with E-state index in [0.717, 1.165) is 5.56 Å². The van der Waals surface area contributed by atoms with Gasteiger partial charge in [-0.05, 0) is 24.1 Å². The number of amides is 3. The molecule has 1 aromatic carbocycles. The van der Waals surface area contributed by atoms with E-state index < -0.39 is 30.4 Å². The Hall–Kier alpha value is -2.37. The largest absolute Gasteiger partial charge is 0.427 e. The van der Waals surface area contributed by atoms with Crippen molar-refractivity contribution in [2.24, 2.45) is 0 Å². The van der Waals surface area contributed by atoms with Gasteiger partial charge in [-0.25, -0.2) is 4.79 Å². The molecule has 19 heavy (non-hydrogen) atoms. The molecular weight excluding hydrogens is 248 g/mol. The molecule has 1 fully saturated rings. The average Bonchev–Trinajstić information content (AvgIpc) is 2.91. The molecule has 1 saturated heterocycles. The fourth-order valence-electron chi connectivity index (χ4n) is 2.63. The first kappa shape index (κ1) is 9.55. The molecule has 0 saturated carbocycles. The third-order valence-corrected chi connectivity index (χ3v) is 3.40. The van der Waals surface area contributed by atoms with Gasteiger partial charge in [-0.3, -0.25) is 14.9 Å². The number of imide groups is 1. The van der Waals surface area contributed by atoms with Gasteiger partial charge in [0.25, 0.3) is 5.91 Å². The van der Waals surface area contributed by atoms with Crippen LogP contribution in [-0.2, 0) is 26.3 Å². The Bertz CT molecular complexity index is 662. The summed E-state index contributed by atoms with van der Waals surface area (Å²) < 4.78 is 19.2. The predicted molar refractivity (Wildman–Crippen MR) is 65.4 cm³/mol. The van der Waals surface area contributed by atoms with Crippen molar-refractivity contribution in [1.29, 1.82) is 0 Å². The Morgan fingerprint density at radius 3 is 3.05 bits per heavy atom. The van der Waals surface area contributed by atoms with Gasteiger partial charge in [0.1, 0.15) is 0 Å². The Morgan fingerprint density at radius 1 is 1.53 bits per heavy atom. The van der Waals surface area contributed by atoms with E-state index in [4.69, 9.17) is 7.48 Å². The van der Waals surface area contributed by atoms with Crippen molar-refractivity contribution in [2.45, 2.75) is 25.3 Å². The van der Waals surface area contributed by atoms with E-state index in [9.17, 15) is 14.4 Å². The van der Waals surface area contributed by atoms with Crippen molar-refractivity contribution in [3.8, 4) is 0 Å². The molecule has 1 aromatic rings. The highest BCUT2D eigenvalue weighted by atomic mass is 16.6. The van der Waals surface area contributed by atoms with Crippen molar-refractivity contribution in [1.82, 2.24) is 5.32 Å². The van der Waals surface area contributed by atoms with Crippen LogP contribution in [0, 0.1) is 0 Å². The Labute approximate surface area is 111 Å². The van der Waals surface area contributed by atoms with E-state index in [1.807, 2.05) is 0 Å². The standard InChI is InChI=1S/C13H12N2O4/c1-7(16)14-9-2-3-10-8(6-9)4-5-13(10)11(17)15-12(18)19-13/h2-3,6H,4-5H2,1H3,(H,14,16)(H,15,17,18)/i1D2. The van der Waals surface area contributed by atoms with E-state index in [2.05, 4.69) is 10.6 Å². The molecule has 6 nitrogen and oxygen atoms in total. The fraction of sp³-hybridized carbons (Fsp3) is 0.308. The SMILES string of the molecule is [2H]C([2H])C(=O)Nc1ccc2c(c1)CCC21OC(=O)NC1=O. The topological polar surface area (TPSA) is 84.5 Å². The lowest BCUT2D eigenvalue weighted by atomic mass is 9.95. The van der Waals surface area contributed by atoms with Crippen LogP contribution in [0.25, 0.3) is 0 Å². The minimum atomic E-state index is -1.61. The lowest BCUT2D eigenvalue weighted by Gasteiger charge is -2.19. The van der Waals surface area contributed by atoms with Crippen molar-refractivity contribution < 1.29 is 21.9 Å². The van der Waals surface area contributed by atoms with E-state index >= 15 is 0 Å². The van der Waals surface area contributed by atoms with Crippen LogP contribution >= 0.6 is 0 Å². The molecule has 1 aliphatic heterocycles. The summed E-state index contributed by atoms with van der Waals surface area (Å²) in [6.07, 6.45) is 0.137. The highest BCUT2D eigenvalue weighted by Gasteiger charge is 2.54. The summed E-state index contributed by atoms with van der Waals surface area (Å²) in [4.78, 5) is 34.5. The second kappa shape index (κ2) is 3.81. The predicted octanol–water partition coefficient (Wildman–Crippen LogP) is 1.05. The first-order chi connectivity index (χ1) is 9.92. The number of hydrogen-bond acceptors (Lipinski definition) is 4. The quantitative estimate of drug-likeness (QED) is 0.792. The van der Waals surface area contributed by atoms with Crippen LogP contribution in [0.1, 0.15) is 27.2 Å². The number of alkyl carbamates (subject to hydrolysis) is 1. The first-order valence-electron chi connectivity index (χ1n) is 6.91. The molecule has 1 atom stereocenters. The van der Waals surface area contributed by atoms with E-state index in [1.165, 1.54) is 0 Å². The first-order valence-corrected chi connectivity index (χ1v) is 5.75. The van der Waals surface area contributed by atoms with Gasteiger partial charge in [0.2, 0.25) is 11.5 Å². The van der Waals surface area contributed by atoms with E-state index in [0.29, 0.717) is 24.1 Å². The Morgan fingerprint density at radius 2 is 2.37 bits per heavy atom. The lowest BCUT2D eigenvalue weighted by Crippen LogP contribution is -2.34. The molecule has 1 spiro atoms. The van der Waals surface area contributed by atoms with Crippen molar-refractivity contribution in [3.63, 3.8) is 0 Å². The van der Waals surface area contributed by atoms with Gasteiger partial charge in [-0.15, -0.1) is 0 Å². The molecule has 1 aliphatic carbocycles. The molecular formula is C13H12N2O4. The third-order valence-electron chi connectivity index (χ3n) is 3.40. The number of hydrogen-bond donors (Lipinski definition) is 2. The molecule has 98 valence electrons. The Kier molecular flexibility index (Phi) is 1.91. The normalized spacial score (nSPS) is 25.7. The monoisotopic (exact) mass is 262 g/mol. The molecule has 1 unspecified atom stereocenters. The van der Waals surface area contributed by atoms with Crippen LogP contribution in [-0.4, -0.2) is 17.9 Å². The molecule has 0 radical (unpaired) electrons. The zero-order chi connectivity index (χ0) is 15.2. The zero-order valence-corrected chi connectivity index (χ0v) is 9.86.